The van der Waals surface area contributed by atoms with Crippen molar-refractivity contribution in [1.29, 1.82) is 0 Å². The molecule has 1 aliphatic heterocycles. The first-order valence-corrected chi connectivity index (χ1v) is 8.82. The normalized spacial score (nSPS) is 17.6. The number of hydrogen-bond donors (Lipinski definition) is 1. The molecule has 2 aromatic heterocycles. The lowest BCUT2D eigenvalue weighted by molar-refractivity contribution is 0.0713. The number of thiazole rings is 1. The highest BCUT2D eigenvalue weighted by Gasteiger charge is 2.25. The molecule has 1 aliphatic rings. The Morgan fingerprint density at radius 2 is 2.35 bits per heavy atom. The number of hydrogen-bond acceptors (Lipinski definition) is 5. The highest BCUT2D eigenvalue weighted by Crippen LogP contribution is 2.19. The van der Waals surface area contributed by atoms with Crippen LogP contribution in [0.5, 0.6) is 0 Å². The molecule has 124 valence electrons. The van der Waals surface area contributed by atoms with E-state index in [0.717, 1.165) is 42.3 Å². The third-order valence-electron chi connectivity index (χ3n) is 4.44. The van der Waals surface area contributed by atoms with E-state index in [-0.39, 0.29) is 5.91 Å². The quantitative estimate of drug-likeness (QED) is 0.905. The van der Waals surface area contributed by atoms with Gasteiger partial charge in [0.15, 0.2) is 5.69 Å². The lowest BCUT2D eigenvalue weighted by Gasteiger charge is -2.24. The summed E-state index contributed by atoms with van der Waals surface area (Å²) in [5.41, 5.74) is 4.37. The lowest BCUT2D eigenvalue weighted by atomic mass is 10.1. The zero-order valence-electron chi connectivity index (χ0n) is 13.9. The molecule has 1 N–H and O–H groups in total. The molecule has 3 rings (SSSR count). The molecule has 6 nitrogen and oxygen atoms in total. The molecule has 1 atom stereocenters. The standard InChI is InChI=1S/C16H23N5OS/c1-11-6-14(19-20(11)3)16(22)21(8-13-4-5-17-7-13)9-15-12(2)18-10-23-15/h6,10,13,17H,4-5,7-9H2,1-3H3/t13-/m1/s1. The minimum atomic E-state index is 0.00778. The van der Waals surface area contributed by atoms with Crippen LogP contribution in [0.4, 0.5) is 0 Å². The summed E-state index contributed by atoms with van der Waals surface area (Å²) in [6.07, 6.45) is 1.12. The van der Waals surface area contributed by atoms with E-state index >= 15 is 0 Å². The first-order chi connectivity index (χ1) is 11.0. The molecule has 2 aromatic rings. The maximum Gasteiger partial charge on any atom is 0.274 e. The molecular formula is C16H23N5OS. The van der Waals surface area contributed by atoms with Crippen LogP contribution in [0.1, 0.15) is 33.2 Å². The summed E-state index contributed by atoms with van der Waals surface area (Å²) in [5, 5.41) is 7.73. The minimum Gasteiger partial charge on any atom is -0.332 e. The van der Waals surface area contributed by atoms with Crippen molar-refractivity contribution in [3.05, 3.63) is 33.5 Å². The second-order valence-electron chi connectivity index (χ2n) is 6.20. The Morgan fingerprint density at radius 3 is 2.91 bits per heavy atom. The fourth-order valence-electron chi connectivity index (χ4n) is 2.88. The zero-order chi connectivity index (χ0) is 16.4. The van der Waals surface area contributed by atoms with Crippen LogP contribution in [0.25, 0.3) is 0 Å². The fourth-order valence-corrected chi connectivity index (χ4v) is 3.67. The molecule has 0 saturated carbocycles. The molecule has 1 saturated heterocycles. The molecule has 0 radical (unpaired) electrons. The van der Waals surface area contributed by atoms with E-state index in [1.807, 2.05) is 37.4 Å². The highest BCUT2D eigenvalue weighted by atomic mass is 32.1. The third-order valence-corrected chi connectivity index (χ3v) is 5.36. The van der Waals surface area contributed by atoms with Gasteiger partial charge in [0.05, 0.1) is 17.7 Å². The Balaban J connectivity index is 1.80. The maximum atomic E-state index is 12.9. The summed E-state index contributed by atoms with van der Waals surface area (Å²) in [4.78, 5) is 20.3. The van der Waals surface area contributed by atoms with E-state index in [2.05, 4.69) is 15.4 Å². The van der Waals surface area contributed by atoms with Crippen LogP contribution in [0, 0.1) is 19.8 Å². The van der Waals surface area contributed by atoms with Gasteiger partial charge in [0.25, 0.3) is 5.91 Å². The van der Waals surface area contributed by atoms with E-state index in [0.29, 0.717) is 18.2 Å². The van der Waals surface area contributed by atoms with Crippen LogP contribution in [0.15, 0.2) is 11.6 Å². The van der Waals surface area contributed by atoms with Gasteiger partial charge in [0, 0.05) is 24.2 Å². The van der Waals surface area contributed by atoms with Crippen molar-refractivity contribution < 1.29 is 4.79 Å². The summed E-state index contributed by atoms with van der Waals surface area (Å²) in [5.74, 6) is 0.519. The number of nitrogens with one attached hydrogen (secondary N) is 1. The minimum absolute atomic E-state index is 0.00778. The maximum absolute atomic E-state index is 12.9. The van der Waals surface area contributed by atoms with Crippen LogP contribution in [0.3, 0.4) is 0 Å². The third kappa shape index (κ3) is 3.61. The number of nitrogens with zero attached hydrogens (tertiary/aromatic N) is 4. The summed E-state index contributed by atoms with van der Waals surface area (Å²) in [6.45, 7) is 7.35. The number of carbonyl (C=O) groups is 1. The highest BCUT2D eigenvalue weighted by molar-refractivity contribution is 7.09. The fraction of sp³-hybridized carbons (Fsp3) is 0.562. The Labute approximate surface area is 140 Å². The smallest absolute Gasteiger partial charge is 0.274 e. The second-order valence-corrected chi connectivity index (χ2v) is 7.14. The van der Waals surface area contributed by atoms with Gasteiger partial charge in [0.1, 0.15) is 0 Å². The predicted octanol–water partition coefficient (Wildman–Crippen LogP) is 1.75. The van der Waals surface area contributed by atoms with Crippen molar-refractivity contribution in [2.45, 2.75) is 26.8 Å². The average Bonchev–Trinajstić information content (AvgIpc) is 3.23. The predicted molar refractivity (Wildman–Crippen MR) is 90.5 cm³/mol. The van der Waals surface area contributed by atoms with Crippen LogP contribution in [-0.4, -0.2) is 45.2 Å². The average molecular weight is 333 g/mol. The van der Waals surface area contributed by atoms with Gasteiger partial charge in [-0.05, 0) is 45.3 Å². The molecule has 3 heterocycles. The van der Waals surface area contributed by atoms with Crippen molar-refractivity contribution >= 4 is 17.2 Å². The monoisotopic (exact) mass is 333 g/mol. The molecule has 0 spiro atoms. The van der Waals surface area contributed by atoms with Crippen molar-refractivity contribution in [3.63, 3.8) is 0 Å². The van der Waals surface area contributed by atoms with Gasteiger partial charge >= 0.3 is 0 Å². The first-order valence-electron chi connectivity index (χ1n) is 7.94. The van der Waals surface area contributed by atoms with E-state index in [4.69, 9.17) is 0 Å². The summed E-state index contributed by atoms with van der Waals surface area (Å²) >= 11 is 1.61. The second kappa shape index (κ2) is 6.80. The number of aromatic nitrogens is 3. The van der Waals surface area contributed by atoms with Crippen LogP contribution >= 0.6 is 11.3 Å². The largest absolute Gasteiger partial charge is 0.332 e. The molecule has 1 fully saturated rings. The summed E-state index contributed by atoms with van der Waals surface area (Å²) < 4.78 is 1.75. The van der Waals surface area contributed by atoms with Crippen molar-refractivity contribution in [2.24, 2.45) is 13.0 Å². The van der Waals surface area contributed by atoms with Crippen molar-refractivity contribution in [1.82, 2.24) is 25.0 Å². The van der Waals surface area contributed by atoms with Gasteiger partial charge < -0.3 is 10.2 Å². The topological polar surface area (TPSA) is 63.1 Å². The van der Waals surface area contributed by atoms with Crippen molar-refractivity contribution in [3.8, 4) is 0 Å². The van der Waals surface area contributed by atoms with E-state index in [9.17, 15) is 4.79 Å². The van der Waals surface area contributed by atoms with Crippen LogP contribution < -0.4 is 5.32 Å². The zero-order valence-corrected chi connectivity index (χ0v) is 14.7. The van der Waals surface area contributed by atoms with Gasteiger partial charge in [0.2, 0.25) is 0 Å². The van der Waals surface area contributed by atoms with E-state index in [1.165, 1.54) is 0 Å². The number of aryl methyl sites for hydroxylation is 3. The lowest BCUT2D eigenvalue weighted by Crippen LogP contribution is -2.36. The Bertz CT molecular complexity index is 667. The van der Waals surface area contributed by atoms with E-state index in [1.54, 1.807) is 16.0 Å². The van der Waals surface area contributed by atoms with Gasteiger partial charge in [-0.25, -0.2) is 4.98 Å². The van der Waals surface area contributed by atoms with Crippen LogP contribution in [0.2, 0.25) is 0 Å². The Hall–Kier alpha value is -1.73. The number of carbonyl (C=O) groups excluding carboxylic acids is 1. The molecule has 0 aromatic carbocycles. The SMILES string of the molecule is Cc1ncsc1CN(C[C@@H]1CCNC1)C(=O)c1cc(C)n(C)n1. The molecule has 0 unspecified atom stereocenters. The van der Waals surface area contributed by atoms with Gasteiger partial charge in [-0.1, -0.05) is 0 Å². The van der Waals surface area contributed by atoms with E-state index < -0.39 is 0 Å². The molecule has 0 aliphatic carbocycles. The molecular weight excluding hydrogens is 310 g/mol. The number of amides is 1. The van der Waals surface area contributed by atoms with Gasteiger partial charge in [-0.3, -0.25) is 9.48 Å². The molecule has 0 bridgehead atoms. The Kier molecular flexibility index (Phi) is 4.77. The molecule has 7 heteroatoms. The summed E-state index contributed by atoms with van der Waals surface area (Å²) in [6, 6.07) is 1.86. The summed E-state index contributed by atoms with van der Waals surface area (Å²) in [7, 11) is 1.87. The number of rotatable bonds is 5. The van der Waals surface area contributed by atoms with Crippen LogP contribution in [-0.2, 0) is 13.6 Å². The first kappa shape index (κ1) is 16.1. The molecule has 1 amide bonds. The Morgan fingerprint density at radius 1 is 1.52 bits per heavy atom. The van der Waals surface area contributed by atoms with Gasteiger partial charge in [-0.15, -0.1) is 11.3 Å². The van der Waals surface area contributed by atoms with Crippen molar-refractivity contribution in [2.75, 3.05) is 19.6 Å². The van der Waals surface area contributed by atoms with Gasteiger partial charge in [-0.2, -0.15) is 5.10 Å². The molecule has 23 heavy (non-hydrogen) atoms.